The lowest BCUT2D eigenvalue weighted by Crippen LogP contribution is -2.28. The largest absolute Gasteiger partial charge is 0.507 e. The van der Waals surface area contributed by atoms with Crippen LogP contribution in [-0.2, 0) is 9.53 Å². The van der Waals surface area contributed by atoms with Gasteiger partial charge in [0.1, 0.15) is 11.6 Å². The van der Waals surface area contributed by atoms with Gasteiger partial charge in [-0.05, 0) is 40.2 Å². The summed E-state index contributed by atoms with van der Waals surface area (Å²) in [6.45, 7) is 4.51. The van der Waals surface area contributed by atoms with E-state index >= 15 is 0 Å². The van der Waals surface area contributed by atoms with Crippen LogP contribution in [0, 0.1) is 0 Å². The molecular weight excluding hydrogens is 424 g/mol. The fourth-order valence-corrected chi connectivity index (χ4v) is 4.20. The number of H-pyrrole nitrogens is 1. The molecule has 1 aliphatic heterocycles. The van der Waals surface area contributed by atoms with Gasteiger partial charge in [0.2, 0.25) is 5.91 Å². The number of amides is 1. The molecule has 8 heteroatoms. The topological polar surface area (TPSA) is 118 Å². The average Bonchev–Trinajstić information content (AvgIpc) is 3.23. The van der Waals surface area contributed by atoms with E-state index < -0.39 is 0 Å². The zero-order valence-electron chi connectivity index (χ0n) is 15.5. The second-order valence-corrected chi connectivity index (χ2v) is 7.42. The Labute approximate surface area is 171 Å². The van der Waals surface area contributed by atoms with E-state index in [2.05, 4.69) is 27.5 Å². The smallest absolute Gasteiger partial charge is 0.246 e. The van der Waals surface area contributed by atoms with E-state index in [1.807, 2.05) is 0 Å². The standard InChI is InChI=1S/C20H23BrN4O3/c1-3-17(27)25-9-13(16(10-25)28-2)19-18(21)12(20(23)24-19)8-14(22)11-6-4-5-7-15(11)26/h3-8,13,16,24,26H,1,9-10,22-23H2,2H3/b14-8-/t13-,16+/m1/s1. The van der Waals surface area contributed by atoms with Crippen LogP contribution in [0.15, 0.2) is 41.4 Å². The number of aromatic nitrogens is 1. The number of ether oxygens (including phenoxy) is 1. The Morgan fingerprint density at radius 2 is 2.14 bits per heavy atom. The second kappa shape index (κ2) is 8.12. The molecular formula is C20H23BrN4O3. The summed E-state index contributed by atoms with van der Waals surface area (Å²) in [5.74, 6) is 0.308. The molecule has 2 atom stereocenters. The van der Waals surface area contributed by atoms with E-state index in [1.54, 1.807) is 42.4 Å². The van der Waals surface area contributed by atoms with E-state index in [0.717, 1.165) is 10.2 Å². The molecule has 1 aromatic heterocycles. The van der Waals surface area contributed by atoms with E-state index in [9.17, 15) is 9.90 Å². The van der Waals surface area contributed by atoms with Gasteiger partial charge in [0.25, 0.3) is 0 Å². The van der Waals surface area contributed by atoms with Crippen LogP contribution in [0.4, 0.5) is 5.82 Å². The third-order valence-corrected chi connectivity index (χ3v) is 5.83. The molecule has 0 unspecified atom stereocenters. The summed E-state index contributed by atoms with van der Waals surface area (Å²) < 4.78 is 6.34. The lowest BCUT2D eigenvalue weighted by molar-refractivity contribution is -0.125. The summed E-state index contributed by atoms with van der Waals surface area (Å²) in [6.07, 6.45) is 2.83. The van der Waals surface area contributed by atoms with Gasteiger partial charge in [-0.3, -0.25) is 4.79 Å². The van der Waals surface area contributed by atoms with Gasteiger partial charge >= 0.3 is 0 Å². The van der Waals surface area contributed by atoms with Gasteiger partial charge in [0.05, 0.1) is 6.10 Å². The highest BCUT2D eigenvalue weighted by atomic mass is 79.9. The number of nitrogen functional groups attached to an aromatic ring is 1. The van der Waals surface area contributed by atoms with Crippen LogP contribution < -0.4 is 11.5 Å². The molecule has 1 aromatic carbocycles. The predicted molar refractivity (Wildman–Crippen MR) is 113 cm³/mol. The molecule has 148 valence electrons. The first-order chi connectivity index (χ1) is 13.4. The Balaban J connectivity index is 1.96. The van der Waals surface area contributed by atoms with Crippen LogP contribution in [0.3, 0.4) is 0 Å². The maximum atomic E-state index is 12.0. The highest BCUT2D eigenvalue weighted by Gasteiger charge is 2.38. The number of carbonyl (C=O) groups excluding carboxylic acids is 1. The SMILES string of the molecule is C=CC(=O)N1C[C@H](OC)[C@H](c2[nH]c(N)c(/C=C(\N)c3ccccc3O)c2Br)C1. The van der Waals surface area contributed by atoms with Crippen molar-refractivity contribution in [2.45, 2.75) is 12.0 Å². The fraction of sp³-hybridized carbons (Fsp3) is 0.250. The van der Waals surface area contributed by atoms with Crippen molar-refractivity contribution < 1.29 is 14.6 Å². The minimum Gasteiger partial charge on any atom is -0.507 e. The molecule has 1 amide bonds. The highest BCUT2D eigenvalue weighted by molar-refractivity contribution is 9.10. The van der Waals surface area contributed by atoms with Crippen molar-refractivity contribution >= 4 is 39.4 Å². The first-order valence-electron chi connectivity index (χ1n) is 8.73. The molecule has 2 aromatic rings. The molecule has 0 saturated carbocycles. The number of nitrogens with two attached hydrogens (primary N) is 2. The van der Waals surface area contributed by atoms with Crippen LogP contribution in [0.1, 0.15) is 22.7 Å². The summed E-state index contributed by atoms with van der Waals surface area (Å²) in [5, 5.41) is 10.0. The van der Waals surface area contributed by atoms with Crippen molar-refractivity contribution in [2.75, 3.05) is 25.9 Å². The number of methoxy groups -OCH3 is 1. The third-order valence-electron chi connectivity index (χ3n) is 4.97. The Hall–Kier alpha value is -2.71. The number of rotatable bonds is 5. The fourth-order valence-electron chi connectivity index (χ4n) is 3.48. The molecule has 0 bridgehead atoms. The number of phenolic OH excluding ortho intramolecular Hbond substituents is 1. The molecule has 0 radical (unpaired) electrons. The third kappa shape index (κ3) is 3.65. The number of aromatic amines is 1. The molecule has 28 heavy (non-hydrogen) atoms. The van der Waals surface area contributed by atoms with Crippen molar-refractivity contribution in [1.29, 1.82) is 0 Å². The second-order valence-electron chi connectivity index (χ2n) is 6.62. The van der Waals surface area contributed by atoms with Gasteiger partial charge in [-0.15, -0.1) is 0 Å². The van der Waals surface area contributed by atoms with E-state index in [0.29, 0.717) is 35.7 Å². The number of nitrogens with one attached hydrogen (secondary N) is 1. The molecule has 1 aliphatic rings. The Kier molecular flexibility index (Phi) is 5.81. The van der Waals surface area contributed by atoms with E-state index in [1.165, 1.54) is 6.08 Å². The van der Waals surface area contributed by atoms with Gasteiger partial charge in [0.15, 0.2) is 0 Å². The minimum atomic E-state index is -0.175. The van der Waals surface area contributed by atoms with Crippen LogP contribution in [0.25, 0.3) is 11.8 Å². The number of para-hydroxylation sites is 1. The normalized spacial score (nSPS) is 19.8. The van der Waals surface area contributed by atoms with Gasteiger partial charge in [-0.2, -0.15) is 0 Å². The molecule has 1 saturated heterocycles. The number of anilines is 1. The van der Waals surface area contributed by atoms with Crippen molar-refractivity contribution in [1.82, 2.24) is 9.88 Å². The Bertz CT molecular complexity index is 938. The van der Waals surface area contributed by atoms with Crippen LogP contribution >= 0.6 is 15.9 Å². The Morgan fingerprint density at radius 3 is 2.79 bits per heavy atom. The molecule has 2 heterocycles. The number of likely N-dealkylation sites (tertiary alicyclic amines) is 1. The van der Waals surface area contributed by atoms with Crippen LogP contribution in [-0.4, -0.2) is 47.2 Å². The van der Waals surface area contributed by atoms with Crippen LogP contribution in [0.2, 0.25) is 0 Å². The first-order valence-corrected chi connectivity index (χ1v) is 9.53. The minimum absolute atomic E-state index is 0.0842. The number of phenols is 1. The number of halogens is 1. The zero-order chi connectivity index (χ0) is 20.4. The first kappa shape index (κ1) is 20.0. The summed E-state index contributed by atoms with van der Waals surface area (Å²) in [6, 6.07) is 6.83. The monoisotopic (exact) mass is 446 g/mol. The lowest BCUT2D eigenvalue weighted by Gasteiger charge is -2.15. The van der Waals surface area contributed by atoms with Crippen LogP contribution in [0.5, 0.6) is 5.75 Å². The predicted octanol–water partition coefficient (Wildman–Crippen LogP) is 2.65. The average molecular weight is 447 g/mol. The van der Waals surface area contributed by atoms with Crippen molar-refractivity contribution in [3.8, 4) is 5.75 Å². The van der Waals surface area contributed by atoms with Gasteiger partial charge in [-0.25, -0.2) is 0 Å². The van der Waals surface area contributed by atoms with Crippen molar-refractivity contribution in [3.63, 3.8) is 0 Å². The van der Waals surface area contributed by atoms with E-state index in [4.69, 9.17) is 16.2 Å². The molecule has 3 rings (SSSR count). The summed E-state index contributed by atoms with van der Waals surface area (Å²) in [4.78, 5) is 16.9. The molecule has 0 spiro atoms. The van der Waals surface area contributed by atoms with Gasteiger partial charge < -0.3 is 31.2 Å². The lowest BCUT2D eigenvalue weighted by atomic mass is 10.0. The number of benzene rings is 1. The van der Waals surface area contributed by atoms with Gasteiger partial charge in [0, 0.05) is 53.1 Å². The highest BCUT2D eigenvalue weighted by Crippen LogP contribution is 2.39. The summed E-state index contributed by atoms with van der Waals surface area (Å²) in [7, 11) is 1.62. The molecule has 0 aliphatic carbocycles. The number of nitrogens with zero attached hydrogens (tertiary/aromatic N) is 1. The Morgan fingerprint density at radius 1 is 1.43 bits per heavy atom. The number of hydrogen-bond acceptors (Lipinski definition) is 5. The van der Waals surface area contributed by atoms with Crippen molar-refractivity contribution in [2.24, 2.45) is 5.73 Å². The van der Waals surface area contributed by atoms with E-state index in [-0.39, 0.29) is 23.7 Å². The maximum Gasteiger partial charge on any atom is 0.246 e. The molecule has 6 N–H and O–H groups in total. The summed E-state index contributed by atoms with van der Waals surface area (Å²) in [5.41, 5.74) is 14.8. The number of hydrogen-bond donors (Lipinski definition) is 4. The molecule has 1 fully saturated rings. The van der Waals surface area contributed by atoms with Crippen molar-refractivity contribution in [3.05, 3.63) is 58.2 Å². The summed E-state index contributed by atoms with van der Waals surface area (Å²) >= 11 is 3.61. The van der Waals surface area contributed by atoms with Gasteiger partial charge in [-0.1, -0.05) is 18.7 Å². The zero-order valence-corrected chi connectivity index (χ0v) is 17.1. The number of carbonyl (C=O) groups is 1. The molecule has 7 nitrogen and oxygen atoms in total. The maximum absolute atomic E-state index is 12.0. The number of aromatic hydroxyl groups is 1. The quantitative estimate of drug-likeness (QED) is 0.526.